The Kier molecular flexibility index (Phi) is 4.08. The van der Waals surface area contributed by atoms with Crippen molar-refractivity contribution in [1.82, 2.24) is 9.88 Å². The fourth-order valence-corrected chi connectivity index (χ4v) is 2.57. The van der Waals surface area contributed by atoms with Gasteiger partial charge in [0.15, 0.2) is 0 Å². The highest BCUT2D eigenvalue weighted by Gasteiger charge is 2.51. The van der Waals surface area contributed by atoms with E-state index in [1.807, 2.05) is 0 Å². The summed E-state index contributed by atoms with van der Waals surface area (Å²) in [6.45, 7) is 1.35. The van der Waals surface area contributed by atoms with Crippen molar-refractivity contribution in [2.75, 3.05) is 13.1 Å². The minimum absolute atomic E-state index is 0.0455. The Labute approximate surface area is 119 Å². The van der Waals surface area contributed by atoms with Crippen molar-refractivity contribution in [2.45, 2.75) is 19.6 Å². The summed E-state index contributed by atoms with van der Waals surface area (Å²) in [5.41, 5.74) is 6.01. The fraction of sp³-hybridized carbons (Fsp3) is 0.538. The minimum Gasteiger partial charge on any atom is -0.506 e. The molecule has 1 aliphatic heterocycles. The van der Waals surface area contributed by atoms with Crippen LogP contribution in [-0.2, 0) is 11.3 Å². The number of carbonyl (C=O) groups is 1. The molecule has 0 spiro atoms. The van der Waals surface area contributed by atoms with Crippen LogP contribution in [0.25, 0.3) is 0 Å². The van der Waals surface area contributed by atoms with Gasteiger partial charge in [0.25, 0.3) is 0 Å². The molecule has 2 atom stereocenters. The summed E-state index contributed by atoms with van der Waals surface area (Å²) in [5, 5.41) is 9.69. The van der Waals surface area contributed by atoms with Crippen LogP contribution in [-0.4, -0.2) is 40.2 Å². The van der Waals surface area contributed by atoms with Crippen LogP contribution in [0.15, 0.2) is 12.1 Å². The molecule has 21 heavy (non-hydrogen) atoms. The van der Waals surface area contributed by atoms with Crippen LogP contribution >= 0.6 is 0 Å². The summed E-state index contributed by atoms with van der Waals surface area (Å²) < 4.78 is 38.8. The highest BCUT2D eigenvalue weighted by atomic mass is 19.4. The SMILES string of the molecule is Cc1ccc(O)c(CN2C[C@@H](C(F)(F)F)[C@H](C(N)=O)C2)n1. The average Bonchev–Trinajstić information content (AvgIpc) is 2.78. The molecular formula is C13H16F3N3O2. The molecule has 1 aromatic rings. The van der Waals surface area contributed by atoms with Crippen LogP contribution in [0.2, 0.25) is 0 Å². The number of alkyl halides is 3. The van der Waals surface area contributed by atoms with Crippen molar-refractivity contribution in [1.29, 1.82) is 0 Å². The van der Waals surface area contributed by atoms with Crippen molar-refractivity contribution in [3.05, 3.63) is 23.5 Å². The first kappa shape index (κ1) is 15.6. The predicted molar refractivity (Wildman–Crippen MR) is 68.1 cm³/mol. The fourth-order valence-electron chi connectivity index (χ4n) is 2.57. The van der Waals surface area contributed by atoms with E-state index in [1.54, 1.807) is 13.0 Å². The molecule has 2 heterocycles. The summed E-state index contributed by atoms with van der Waals surface area (Å²) in [4.78, 5) is 16.8. The number of hydrogen-bond donors (Lipinski definition) is 2. The zero-order valence-electron chi connectivity index (χ0n) is 11.4. The summed E-state index contributed by atoms with van der Waals surface area (Å²) in [5.74, 6) is -4.08. The number of aromatic nitrogens is 1. The zero-order valence-corrected chi connectivity index (χ0v) is 11.4. The number of carbonyl (C=O) groups excluding carboxylic acids is 1. The van der Waals surface area contributed by atoms with Gasteiger partial charge in [-0.3, -0.25) is 14.7 Å². The molecule has 5 nitrogen and oxygen atoms in total. The second kappa shape index (κ2) is 5.51. The Morgan fingerprint density at radius 2 is 2.14 bits per heavy atom. The summed E-state index contributed by atoms with van der Waals surface area (Å²) in [6, 6.07) is 3.05. The van der Waals surface area contributed by atoms with E-state index in [1.165, 1.54) is 11.0 Å². The van der Waals surface area contributed by atoms with Crippen molar-refractivity contribution >= 4 is 5.91 Å². The van der Waals surface area contributed by atoms with Gasteiger partial charge in [-0.2, -0.15) is 13.2 Å². The van der Waals surface area contributed by atoms with Crippen molar-refractivity contribution < 1.29 is 23.1 Å². The first-order chi connectivity index (χ1) is 9.68. The molecule has 0 saturated carbocycles. The lowest BCUT2D eigenvalue weighted by molar-refractivity contribution is -0.182. The molecule has 3 N–H and O–H groups in total. The second-order valence-corrected chi connectivity index (χ2v) is 5.27. The molecule has 0 aromatic carbocycles. The van der Waals surface area contributed by atoms with E-state index in [0.29, 0.717) is 11.4 Å². The number of primary amides is 1. The quantitative estimate of drug-likeness (QED) is 0.879. The molecular weight excluding hydrogens is 287 g/mol. The third-order valence-electron chi connectivity index (χ3n) is 3.64. The molecule has 0 aliphatic carbocycles. The van der Waals surface area contributed by atoms with Crippen LogP contribution in [0.4, 0.5) is 13.2 Å². The lowest BCUT2D eigenvalue weighted by Crippen LogP contribution is -2.37. The smallest absolute Gasteiger partial charge is 0.393 e. The van der Waals surface area contributed by atoms with Crippen LogP contribution in [0, 0.1) is 18.8 Å². The topological polar surface area (TPSA) is 79.5 Å². The normalized spacial score (nSPS) is 23.4. The monoisotopic (exact) mass is 303 g/mol. The molecule has 1 saturated heterocycles. The maximum atomic E-state index is 12.9. The van der Waals surface area contributed by atoms with Gasteiger partial charge in [0.1, 0.15) is 5.75 Å². The first-order valence-electron chi connectivity index (χ1n) is 6.42. The van der Waals surface area contributed by atoms with Crippen LogP contribution in [0.1, 0.15) is 11.4 Å². The van der Waals surface area contributed by atoms with Crippen LogP contribution < -0.4 is 5.73 Å². The van der Waals surface area contributed by atoms with Gasteiger partial charge in [-0.15, -0.1) is 0 Å². The Bertz CT molecular complexity index is 548. The first-order valence-corrected chi connectivity index (χ1v) is 6.42. The molecule has 0 radical (unpaired) electrons. The molecule has 1 fully saturated rings. The van der Waals surface area contributed by atoms with E-state index in [0.717, 1.165) is 0 Å². The van der Waals surface area contributed by atoms with Crippen LogP contribution in [0.3, 0.4) is 0 Å². The van der Waals surface area contributed by atoms with Gasteiger partial charge >= 0.3 is 6.18 Å². The lowest BCUT2D eigenvalue weighted by Gasteiger charge is -2.18. The van der Waals surface area contributed by atoms with Crippen molar-refractivity contribution in [2.24, 2.45) is 17.6 Å². The van der Waals surface area contributed by atoms with E-state index in [2.05, 4.69) is 4.98 Å². The van der Waals surface area contributed by atoms with Crippen molar-refractivity contribution in [3.8, 4) is 5.75 Å². The maximum Gasteiger partial charge on any atom is 0.393 e. The van der Waals surface area contributed by atoms with E-state index >= 15 is 0 Å². The summed E-state index contributed by atoms with van der Waals surface area (Å²) in [6.07, 6.45) is -4.48. The highest BCUT2D eigenvalue weighted by molar-refractivity contribution is 5.77. The van der Waals surface area contributed by atoms with Gasteiger partial charge in [0, 0.05) is 25.3 Å². The third kappa shape index (κ3) is 3.44. The van der Waals surface area contributed by atoms with Crippen LogP contribution in [0.5, 0.6) is 5.75 Å². The van der Waals surface area contributed by atoms with Gasteiger partial charge in [-0.25, -0.2) is 0 Å². The number of likely N-dealkylation sites (tertiary alicyclic amines) is 1. The number of aryl methyl sites for hydroxylation is 1. The maximum absolute atomic E-state index is 12.9. The van der Waals surface area contributed by atoms with Gasteiger partial charge < -0.3 is 10.8 Å². The van der Waals surface area contributed by atoms with Crippen molar-refractivity contribution in [3.63, 3.8) is 0 Å². The largest absolute Gasteiger partial charge is 0.506 e. The Hall–Kier alpha value is -1.83. The molecule has 0 bridgehead atoms. The lowest BCUT2D eigenvalue weighted by atomic mass is 9.95. The van der Waals surface area contributed by atoms with Gasteiger partial charge in [0.05, 0.1) is 17.5 Å². The summed E-state index contributed by atoms with van der Waals surface area (Å²) >= 11 is 0. The molecule has 0 unspecified atom stereocenters. The molecule has 1 aliphatic rings. The predicted octanol–water partition coefficient (Wildman–Crippen LogP) is 1.19. The zero-order chi connectivity index (χ0) is 15.8. The number of amides is 1. The number of rotatable bonds is 3. The number of halogens is 3. The molecule has 1 aromatic heterocycles. The second-order valence-electron chi connectivity index (χ2n) is 5.27. The average molecular weight is 303 g/mol. The molecule has 2 rings (SSSR count). The Morgan fingerprint density at radius 1 is 1.48 bits per heavy atom. The number of pyridine rings is 1. The van der Waals surface area contributed by atoms with E-state index in [9.17, 15) is 23.1 Å². The summed E-state index contributed by atoms with van der Waals surface area (Å²) in [7, 11) is 0. The van der Waals surface area contributed by atoms with E-state index < -0.39 is 23.9 Å². The van der Waals surface area contributed by atoms with Gasteiger partial charge in [-0.05, 0) is 19.1 Å². The number of nitrogens with zero attached hydrogens (tertiary/aromatic N) is 2. The van der Waals surface area contributed by atoms with Gasteiger partial charge in [-0.1, -0.05) is 0 Å². The number of aromatic hydroxyl groups is 1. The third-order valence-corrected chi connectivity index (χ3v) is 3.64. The number of nitrogens with two attached hydrogens (primary N) is 1. The highest BCUT2D eigenvalue weighted by Crippen LogP contribution is 2.38. The van der Waals surface area contributed by atoms with E-state index in [-0.39, 0.29) is 25.4 Å². The Morgan fingerprint density at radius 3 is 2.67 bits per heavy atom. The minimum atomic E-state index is -4.48. The Balaban J connectivity index is 2.16. The molecule has 8 heteroatoms. The number of hydrogen-bond acceptors (Lipinski definition) is 4. The molecule has 116 valence electrons. The molecule has 1 amide bonds. The van der Waals surface area contributed by atoms with E-state index in [4.69, 9.17) is 5.73 Å². The van der Waals surface area contributed by atoms with Gasteiger partial charge in [0.2, 0.25) is 5.91 Å². The standard InChI is InChI=1S/C13H16F3N3O2/c1-7-2-3-11(20)10(18-7)6-19-4-8(12(17)21)9(5-19)13(14,15)16/h2-3,8-9,20H,4-6H2,1H3,(H2,17,21)/t8-,9-/m1/s1.